The van der Waals surface area contributed by atoms with Gasteiger partial charge in [-0.3, -0.25) is 9.59 Å². The highest BCUT2D eigenvalue weighted by molar-refractivity contribution is 5.96. The molecule has 0 saturated heterocycles. The summed E-state index contributed by atoms with van der Waals surface area (Å²) >= 11 is 0. The maximum atomic E-state index is 12.5. The van der Waals surface area contributed by atoms with Crippen LogP contribution in [0.15, 0.2) is 71.2 Å². The smallest absolute Gasteiger partial charge is 0.259 e. The number of nitrogens with zero attached hydrogens (tertiary/aromatic N) is 2. The van der Waals surface area contributed by atoms with Crippen molar-refractivity contribution in [1.29, 1.82) is 0 Å². The Kier molecular flexibility index (Phi) is 7.02. The largest absolute Gasteiger partial charge is 0.396 e. The lowest BCUT2D eigenvalue weighted by Gasteiger charge is -2.12. The van der Waals surface area contributed by atoms with Gasteiger partial charge in [-0.1, -0.05) is 13.5 Å². The zero-order valence-corrected chi connectivity index (χ0v) is 17.7. The minimum Gasteiger partial charge on any atom is -0.396 e. The Labute approximate surface area is 185 Å². The van der Waals surface area contributed by atoms with E-state index in [1.54, 1.807) is 42.6 Å². The number of aromatic nitrogens is 2. The second-order valence-corrected chi connectivity index (χ2v) is 6.93. The van der Waals surface area contributed by atoms with Crippen LogP contribution in [0, 0.1) is 0 Å². The van der Waals surface area contributed by atoms with E-state index in [1.165, 1.54) is 12.3 Å². The van der Waals surface area contributed by atoms with E-state index in [1.807, 2.05) is 6.92 Å². The highest BCUT2D eigenvalue weighted by atomic mass is 16.1. The van der Waals surface area contributed by atoms with Crippen molar-refractivity contribution < 1.29 is 4.79 Å². The zero-order valence-electron chi connectivity index (χ0n) is 17.7. The molecule has 9 heteroatoms. The first-order chi connectivity index (χ1) is 15.4. The van der Waals surface area contributed by atoms with Crippen LogP contribution in [0.3, 0.4) is 0 Å². The number of aliphatic imine (C=N–C) groups is 1. The van der Waals surface area contributed by atoms with Crippen LogP contribution in [-0.2, 0) is 0 Å². The fourth-order valence-electron chi connectivity index (χ4n) is 2.90. The highest BCUT2D eigenvalue weighted by Crippen LogP contribution is 2.25. The molecule has 32 heavy (non-hydrogen) atoms. The third-order valence-corrected chi connectivity index (χ3v) is 4.56. The van der Waals surface area contributed by atoms with E-state index in [2.05, 4.69) is 32.2 Å². The van der Waals surface area contributed by atoms with Crippen molar-refractivity contribution in [3.8, 4) is 0 Å². The maximum Gasteiger partial charge on any atom is 0.259 e. The number of amidine groups is 1. The first-order valence-corrected chi connectivity index (χ1v) is 10.0. The standard InChI is InChI=1S/C23H25N7O2/c1-3-10-26-22(31)14-5-7-16(8-6-14)29-21-20-15(9-11-27-23(20)32)12-18(30-21)17(24)13-28-19(25)4-2/h4-9,11-13H,2-3,10,24H2,1H3,(H2,25,28)(H,26,31)(H,27,32)(H,29,30)/b17-13-. The number of hydrogen-bond donors (Lipinski definition) is 5. The number of aromatic amines is 1. The number of pyridine rings is 2. The number of carbonyl (C=O) groups excluding carboxylic acids is 1. The maximum absolute atomic E-state index is 12.5. The van der Waals surface area contributed by atoms with Gasteiger partial charge in [0.15, 0.2) is 0 Å². The van der Waals surface area contributed by atoms with E-state index >= 15 is 0 Å². The fraction of sp³-hybridized carbons (Fsp3) is 0.130. The number of nitrogens with one attached hydrogen (secondary N) is 3. The monoisotopic (exact) mass is 431 g/mol. The molecule has 0 unspecified atom stereocenters. The molecule has 0 bridgehead atoms. The van der Waals surface area contributed by atoms with Crippen LogP contribution in [0.5, 0.6) is 0 Å². The number of hydrogen-bond acceptors (Lipinski definition) is 6. The van der Waals surface area contributed by atoms with Gasteiger partial charge in [-0.15, -0.1) is 0 Å². The van der Waals surface area contributed by atoms with Crippen molar-refractivity contribution in [3.05, 3.63) is 83.1 Å². The molecule has 7 N–H and O–H groups in total. The van der Waals surface area contributed by atoms with Crippen molar-refractivity contribution in [1.82, 2.24) is 15.3 Å². The molecule has 0 saturated carbocycles. The average Bonchev–Trinajstić information content (AvgIpc) is 2.81. The van der Waals surface area contributed by atoms with Gasteiger partial charge in [0.05, 0.1) is 23.0 Å². The zero-order chi connectivity index (χ0) is 23.1. The summed E-state index contributed by atoms with van der Waals surface area (Å²) in [6, 6.07) is 10.3. The van der Waals surface area contributed by atoms with Crippen molar-refractivity contribution >= 4 is 39.7 Å². The Balaban J connectivity index is 1.99. The van der Waals surface area contributed by atoms with Crippen LogP contribution >= 0.6 is 0 Å². The molecule has 164 valence electrons. The molecule has 2 aromatic heterocycles. The predicted molar refractivity (Wildman–Crippen MR) is 129 cm³/mol. The molecule has 0 aliphatic heterocycles. The van der Waals surface area contributed by atoms with Gasteiger partial charge in [0.1, 0.15) is 11.7 Å². The van der Waals surface area contributed by atoms with E-state index in [4.69, 9.17) is 11.5 Å². The van der Waals surface area contributed by atoms with Crippen molar-refractivity contribution in [2.75, 3.05) is 11.9 Å². The SMILES string of the molecule is C=CC(N)=N/C=C(\N)c1cc2cc[nH]c(=O)c2c(Nc2ccc(C(=O)NCCC)cc2)n1. The number of nitrogens with two attached hydrogens (primary N) is 2. The van der Waals surface area contributed by atoms with Crippen LogP contribution in [0.2, 0.25) is 0 Å². The third-order valence-electron chi connectivity index (χ3n) is 4.56. The van der Waals surface area contributed by atoms with Gasteiger partial charge in [0, 0.05) is 24.0 Å². The number of carbonyl (C=O) groups is 1. The Morgan fingerprint density at radius 2 is 2.00 bits per heavy atom. The molecule has 0 aliphatic rings. The van der Waals surface area contributed by atoms with Gasteiger partial charge < -0.3 is 27.1 Å². The predicted octanol–water partition coefficient (Wildman–Crippen LogP) is 2.61. The number of rotatable bonds is 8. The summed E-state index contributed by atoms with van der Waals surface area (Å²) in [5.41, 5.74) is 13.3. The Morgan fingerprint density at radius 1 is 1.25 bits per heavy atom. The van der Waals surface area contributed by atoms with Gasteiger partial charge >= 0.3 is 0 Å². The Morgan fingerprint density at radius 3 is 2.69 bits per heavy atom. The summed E-state index contributed by atoms with van der Waals surface area (Å²) in [6.07, 6.45) is 5.19. The Hall–Kier alpha value is -4.40. The second-order valence-electron chi connectivity index (χ2n) is 6.93. The molecule has 1 aromatic carbocycles. The lowest BCUT2D eigenvalue weighted by Crippen LogP contribution is -2.23. The van der Waals surface area contributed by atoms with Gasteiger partial charge in [-0.25, -0.2) is 9.98 Å². The van der Waals surface area contributed by atoms with Gasteiger partial charge in [-0.05, 0) is 54.3 Å². The summed E-state index contributed by atoms with van der Waals surface area (Å²) in [5, 5.41) is 7.00. The van der Waals surface area contributed by atoms with E-state index in [-0.39, 0.29) is 23.0 Å². The first-order valence-electron chi connectivity index (χ1n) is 10.0. The van der Waals surface area contributed by atoms with Crippen LogP contribution < -0.4 is 27.7 Å². The minimum absolute atomic E-state index is 0.141. The number of anilines is 2. The van der Waals surface area contributed by atoms with Crippen molar-refractivity contribution in [3.63, 3.8) is 0 Å². The molecule has 0 aliphatic carbocycles. The molecule has 9 nitrogen and oxygen atoms in total. The average molecular weight is 432 g/mol. The lowest BCUT2D eigenvalue weighted by atomic mass is 10.1. The first kappa shape index (κ1) is 22.3. The van der Waals surface area contributed by atoms with Gasteiger partial charge in [-0.2, -0.15) is 0 Å². The van der Waals surface area contributed by atoms with Crippen LogP contribution in [0.1, 0.15) is 29.4 Å². The molecule has 0 spiro atoms. The van der Waals surface area contributed by atoms with Crippen LogP contribution in [-0.4, -0.2) is 28.3 Å². The molecule has 0 fully saturated rings. The molecule has 1 amide bonds. The molecular weight excluding hydrogens is 406 g/mol. The van der Waals surface area contributed by atoms with Crippen LogP contribution in [0.4, 0.5) is 11.5 Å². The third kappa shape index (κ3) is 5.20. The quantitative estimate of drug-likeness (QED) is 0.273. The number of benzene rings is 1. The fourth-order valence-corrected chi connectivity index (χ4v) is 2.90. The van der Waals surface area contributed by atoms with Crippen molar-refractivity contribution in [2.24, 2.45) is 16.5 Å². The van der Waals surface area contributed by atoms with Crippen molar-refractivity contribution in [2.45, 2.75) is 13.3 Å². The van der Waals surface area contributed by atoms with Crippen LogP contribution in [0.25, 0.3) is 16.5 Å². The van der Waals surface area contributed by atoms with Gasteiger partial charge in [0.25, 0.3) is 11.5 Å². The van der Waals surface area contributed by atoms with E-state index in [0.29, 0.717) is 40.1 Å². The lowest BCUT2D eigenvalue weighted by molar-refractivity contribution is 0.0953. The van der Waals surface area contributed by atoms with E-state index in [0.717, 1.165) is 6.42 Å². The molecule has 0 atom stereocenters. The topological polar surface area (TPSA) is 151 Å². The molecule has 0 radical (unpaired) electrons. The molecule has 2 heterocycles. The van der Waals surface area contributed by atoms with E-state index in [9.17, 15) is 9.59 Å². The Bertz CT molecular complexity index is 1260. The summed E-state index contributed by atoms with van der Waals surface area (Å²) < 4.78 is 0. The molecule has 3 aromatic rings. The molecule has 3 rings (SSSR count). The summed E-state index contributed by atoms with van der Waals surface area (Å²) in [4.78, 5) is 35.8. The normalized spacial score (nSPS) is 11.9. The number of fused-ring (bicyclic) bond motifs is 1. The number of amides is 1. The number of H-pyrrole nitrogens is 1. The molecular formula is C23H25N7O2. The van der Waals surface area contributed by atoms with E-state index < -0.39 is 0 Å². The summed E-state index contributed by atoms with van der Waals surface area (Å²) in [5.74, 6) is 0.392. The highest BCUT2D eigenvalue weighted by Gasteiger charge is 2.12. The minimum atomic E-state index is -0.295. The second kappa shape index (κ2) is 10.1. The van der Waals surface area contributed by atoms with Gasteiger partial charge in [0.2, 0.25) is 0 Å². The summed E-state index contributed by atoms with van der Waals surface area (Å²) in [7, 11) is 0. The summed E-state index contributed by atoms with van der Waals surface area (Å²) in [6.45, 7) is 6.14.